The molecule has 0 aliphatic rings. The molecule has 2 rings (SSSR count). The average Bonchev–Trinajstić information content (AvgIpc) is 2.59. The highest BCUT2D eigenvalue weighted by atomic mass is 32.2. The number of nitriles is 1. The molecule has 0 bridgehead atoms. The molecular weight excluding hydrogens is 318 g/mol. The Kier molecular flexibility index (Phi) is 6.83. The van der Waals surface area contributed by atoms with Gasteiger partial charge in [0.25, 0.3) is 0 Å². The van der Waals surface area contributed by atoms with Gasteiger partial charge in [-0.2, -0.15) is 5.26 Å². The van der Waals surface area contributed by atoms with Gasteiger partial charge in [0.2, 0.25) is 5.91 Å². The number of hydrogen-bond donors (Lipinski definition) is 1. The molecule has 0 saturated heterocycles. The van der Waals surface area contributed by atoms with Crippen LogP contribution in [0.25, 0.3) is 0 Å². The van der Waals surface area contributed by atoms with E-state index in [0.29, 0.717) is 10.6 Å². The highest BCUT2D eigenvalue weighted by molar-refractivity contribution is 8.00. The van der Waals surface area contributed by atoms with E-state index in [0.717, 1.165) is 18.5 Å². The van der Waals surface area contributed by atoms with Crippen LogP contribution in [0.1, 0.15) is 30.2 Å². The molecule has 5 heteroatoms. The first-order valence-corrected chi connectivity index (χ1v) is 8.91. The van der Waals surface area contributed by atoms with Crippen LogP contribution in [-0.2, 0) is 11.2 Å². The lowest BCUT2D eigenvalue weighted by molar-refractivity contribution is -0.119. The van der Waals surface area contributed by atoms with Crippen LogP contribution in [0.2, 0.25) is 0 Å². The van der Waals surface area contributed by atoms with E-state index in [-0.39, 0.29) is 17.7 Å². The van der Waals surface area contributed by atoms with E-state index in [2.05, 4.69) is 28.5 Å². The fourth-order valence-corrected chi connectivity index (χ4v) is 3.11. The molecule has 1 atom stereocenters. The Morgan fingerprint density at radius 2 is 2.04 bits per heavy atom. The molecule has 0 radical (unpaired) electrons. The molecule has 0 saturated carbocycles. The first-order chi connectivity index (χ1) is 11.6. The normalized spacial score (nSPS) is 11.5. The van der Waals surface area contributed by atoms with E-state index >= 15 is 0 Å². The fraction of sp³-hybridized carbons (Fsp3) is 0.316. The van der Waals surface area contributed by atoms with Crippen molar-refractivity contribution in [3.05, 3.63) is 59.3 Å². The van der Waals surface area contributed by atoms with Crippen molar-refractivity contribution in [3.63, 3.8) is 0 Å². The number of amides is 1. The van der Waals surface area contributed by atoms with E-state index in [1.54, 1.807) is 12.1 Å². The van der Waals surface area contributed by atoms with Gasteiger partial charge in [0, 0.05) is 11.7 Å². The van der Waals surface area contributed by atoms with Gasteiger partial charge in [0.05, 0.1) is 11.3 Å². The van der Waals surface area contributed by atoms with Crippen molar-refractivity contribution in [3.8, 4) is 6.07 Å². The van der Waals surface area contributed by atoms with Gasteiger partial charge in [-0.15, -0.1) is 0 Å². The average molecular weight is 339 g/mol. The minimum absolute atomic E-state index is 0.0345. The molecule has 0 fully saturated rings. The maximum Gasteiger partial charge on any atom is 0.230 e. The van der Waals surface area contributed by atoms with Gasteiger partial charge >= 0.3 is 0 Å². The second-order valence-corrected chi connectivity index (χ2v) is 6.66. The van der Waals surface area contributed by atoms with Gasteiger partial charge in [-0.25, -0.2) is 4.98 Å². The Morgan fingerprint density at radius 3 is 2.75 bits per heavy atom. The number of aryl methyl sites for hydroxylation is 2. The Balaban J connectivity index is 1.79. The summed E-state index contributed by atoms with van der Waals surface area (Å²) in [5.41, 5.74) is 2.62. The summed E-state index contributed by atoms with van der Waals surface area (Å²) in [6, 6.07) is 16.0. The summed E-state index contributed by atoms with van der Waals surface area (Å²) in [7, 11) is 0. The maximum atomic E-state index is 12.1. The van der Waals surface area contributed by atoms with Gasteiger partial charge in [0.15, 0.2) is 0 Å². The Labute approximate surface area is 147 Å². The first kappa shape index (κ1) is 18.0. The summed E-state index contributed by atoms with van der Waals surface area (Å²) >= 11 is 1.30. The van der Waals surface area contributed by atoms with Crippen molar-refractivity contribution in [2.24, 2.45) is 0 Å². The number of rotatable bonds is 7. The lowest BCUT2D eigenvalue weighted by Gasteiger charge is -2.14. The van der Waals surface area contributed by atoms with Gasteiger partial charge in [-0.05, 0) is 44.4 Å². The predicted octanol–water partition coefficient (Wildman–Crippen LogP) is 3.49. The zero-order valence-electron chi connectivity index (χ0n) is 14.0. The molecule has 4 nitrogen and oxygen atoms in total. The number of hydrogen-bond acceptors (Lipinski definition) is 4. The SMILES string of the molecule is Cc1ccc(C#N)c(SCC(=O)NC(C)CCc2ccccc2)n1. The van der Waals surface area contributed by atoms with E-state index in [4.69, 9.17) is 5.26 Å². The topological polar surface area (TPSA) is 65.8 Å². The van der Waals surface area contributed by atoms with Crippen LogP contribution in [0.3, 0.4) is 0 Å². The molecule has 1 N–H and O–H groups in total. The molecule has 1 heterocycles. The number of carbonyl (C=O) groups is 1. The molecule has 1 aromatic heterocycles. The summed E-state index contributed by atoms with van der Waals surface area (Å²) in [4.78, 5) is 16.4. The van der Waals surface area contributed by atoms with Crippen LogP contribution in [0.15, 0.2) is 47.5 Å². The molecule has 0 spiro atoms. The zero-order valence-corrected chi connectivity index (χ0v) is 14.8. The molecule has 0 aliphatic carbocycles. The number of pyridine rings is 1. The summed E-state index contributed by atoms with van der Waals surface area (Å²) in [6.07, 6.45) is 1.83. The quantitative estimate of drug-likeness (QED) is 0.784. The third-order valence-corrected chi connectivity index (χ3v) is 4.57. The number of carbonyl (C=O) groups excluding carboxylic acids is 1. The van der Waals surface area contributed by atoms with Crippen molar-refractivity contribution < 1.29 is 4.79 Å². The summed E-state index contributed by atoms with van der Waals surface area (Å²) in [6.45, 7) is 3.88. The number of benzene rings is 1. The summed E-state index contributed by atoms with van der Waals surface area (Å²) in [5.74, 6) is 0.230. The maximum absolute atomic E-state index is 12.1. The predicted molar refractivity (Wildman–Crippen MR) is 96.8 cm³/mol. The third kappa shape index (κ3) is 5.71. The molecule has 2 aromatic rings. The fourth-order valence-electron chi connectivity index (χ4n) is 2.28. The minimum Gasteiger partial charge on any atom is -0.353 e. The van der Waals surface area contributed by atoms with Crippen molar-refractivity contribution in [1.82, 2.24) is 10.3 Å². The van der Waals surface area contributed by atoms with E-state index < -0.39 is 0 Å². The largest absolute Gasteiger partial charge is 0.353 e. The highest BCUT2D eigenvalue weighted by Crippen LogP contribution is 2.20. The minimum atomic E-state index is -0.0345. The number of thioether (sulfide) groups is 1. The molecule has 124 valence electrons. The number of nitrogens with zero attached hydrogens (tertiary/aromatic N) is 2. The number of aromatic nitrogens is 1. The van der Waals surface area contributed by atoms with Crippen LogP contribution in [0.4, 0.5) is 0 Å². The van der Waals surface area contributed by atoms with Crippen molar-refractivity contribution in [2.75, 3.05) is 5.75 Å². The van der Waals surface area contributed by atoms with Gasteiger partial charge < -0.3 is 5.32 Å². The third-order valence-electron chi connectivity index (χ3n) is 3.58. The van der Waals surface area contributed by atoms with Crippen LogP contribution < -0.4 is 5.32 Å². The molecular formula is C19H21N3OS. The van der Waals surface area contributed by atoms with Gasteiger partial charge in [0.1, 0.15) is 11.1 Å². The van der Waals surface area contributed by atoms with Crippen molar-refractivity contribution >= 4 is 17.7 Å². The molecule has 1 amide bonds. The van der Waals surface area contributed by atoms with Crippen molar-refractivity contribution in [1.29, 1.82) is 5.26 Å². The number of nitrogens with one attached hydrogen (secondary N) is 1. The van der Waals surface area contributed by atoms with Crippen LogP contribution in [0.5, 0.6) is 0 Å². The Morgan fingerprint density at radius 1 is 1.29 bits per heavy atom. The van der Waals surface area contributed by atoms with Gasteiger partial charge in [-0.3, -0.25) is 4.79 Å². The summed E-state index contributed by atoms with van der Waals surface area (Å²) < 4.78 is 0. The summed E-state index contributed by atoms with van der Waals surface area (Å²) in [5, 5.41) is 12.7. The van der Waals surface area contributed by atoms with Crippen molar-refractivity contribution in [2.45, 2.75) is 37.8 Å². The van der Waals surface area contributed by atoms with Crippen LogP contribution in [-0.4, -0.2) is 22.7 Å². The smallest absolute Gasteiger partial charge is 0.230 e. The van der Waals surface area contributed by atoms with E-state index in [1.807, 2.05) is 32.0 Å². The second kappa shape index (κ2) is 9.09. The Hall–Kier alpha value is -2.32. The Bertz CT molecular complexity index is 725. The van der Waals surface area contributed by atoms with Crippen LogP contribution in [0, 0.1) is 18.3 Å². The molecule has 1 unspecified atom stereocenters. The lowest BCUT2D eigenvalue weighted by atomic mass is 10.1. The zero-order chi connectivity index (χ0) is 17.4. The molecule has 0 aliphatic heterocycles. The van der Waals surface area contributed by atoms with Gasteiger partial charge in [-0.1, -0.05) is 42.1 Å². The van der Waals surface area contributed by atoms with E-state index in [9.17, 15) is 4.79 Å². The second-order valence-electron chi connectivity index (χ2n) is 5.70. The monoisotopic (exact) mass is 339 g/mol. The lowest BCUT2D eigenvalue weighted by Crippen LogP contribution is -2.34. The first-order valence-electron chi connectivity index (χ1n) is 7.92. The van der Waals surface area contributed by atoms with E-state index in [1.165, 1.54) is 17.3 Å². The standard InChI is InChI=1S/C19H21N3OS/c1-14(8-10-16-6-4-3-5-7-16)21-18(23)13-24-19-17(12-20)11-9-15(2)22-19/h3-7,9,11,14H,8,10,13H2,1-2H3,(H,21,23). The molecule has 24 heavy (non-hydrogen) atoms. The van der Waals surface area contributed by atoms with Crippen LogP contribution >= 0.6 is 11.8 Å². The highest BCUT2D eigenvalue weighted by Gasteiger charge is 2.11. The molecule has 1 aromatic carbocycles.